The van der Waals surface area contributed by atoms with Crippen molar-refractivity contribution in [3.05, 3.63) is 40.5 Å². The summed E-state index contributed by atoms with van der Waals surface area (Å²) >= 11 is 0. The Labute approximate surface area is 145 Å². The van der Waals surface area contributed by atoms with Crippen molar-refractivity contribution in [1.29, 1.82) is 0 Å². The van der Waals surface area contributed by atoms with E-state index < -0.39 is 0 Å². The fourth-order valence-corrected chi connectivity index (χ4v) is 4.09. The molecule has 3 heteroatoms. The molecule has 0 aromatic heterocycles. The Hall–Kier alpha value is -1.61. The third-order valence-corrected chi connectivity index (χ3v) is 5.42. The molecule has 1 aromatic carbocycles. The first-order chi connectivity index (χ1) is 11.4. The second kappa shape index (κ2) is 6.72. The van der Waals surface area contributed by atoms with Gasteiger partial charge in [-0.3, -0.25) is 4.79 Å². The quantitative estimate of drug-likeness (QED) is 0.828. The average Bonchev–Trinajstić information content (AvgIpc) is 2.54. The molecule has 0 saturated heterocycles. The summed E-state index contributed by atoms with van der Waals surface area (Å²) in [5.41, 5.74) is 5.24. The first-order valence-electron chi connectivity index (χ1n) is 9.17. The maximum Gasteiger partial charge on any atom is 0.160 e. The van der Waals surface area contributed by atoms with Gasteiger partial charge < -0.3 is 10.4 Å². The van der Waals surface area contributed by atoms with Crippen LogP contribution in [-0.4, -0.2) is 16.4 Å². The molecular weight excluding hydrogens is 298 g/mol. The molecule has 1 fully saturated rings. The van der Waals surface area contributed by atoms with Gasteiger partial charge in [0.2, 0.25) is 0 Å². The van der Waals surface area contributed by atoms with Gasteiger partial charge in [-0.2, -0.15) is 0 Å². The van der Waals surface area contributed by atoms with Gasteiger partial charge in [-0.05, 0) is 62.8 Å². The Morgan fingerprint density at radius 3 is 2.67 bits per heavy atom. The van der Waals surface area contributed by atoms with Gasteiger partial charge in [-0.25, -0.2) is 0 Å². The van der Waals surface area contributed by atoms with Crippen LogP contribution in [0.15, 0.2) is 18.2 Å². The summed E-state index contributed by atoms with van der Waals surface area (Å²) < 4.78 is 0. The maximum absolute atomic E-state index is 12.7. The number of aliphatic hydroxyl groups is 1. The Balaban J connectivity index is 1.98. The minimum Gasteiger partial charge on any atom is -0.392 e. The molecule has 1 aliphatic heterocycles. The van der Waals surface area contributed by atoms with Crippen LogP contribution >= 0.6 is 0 Å². The van der Waals surface area contributed by atoms with Crippen LogP contribution in [0.4, 0.5) is 0 Å². The summed E-state index contributed by atoms with van der Waals surface area (Å²) in [7, 11) is 0. The summed E-state index contributed by atoms with van der Waals surface area (Å²) in [5.74, 6) is 0.441. The van der Waals surface area contributed by atoms with E-state index in [0.29, 0.717) is 0 Å². The van der Waals surface area contributed by atoms with Crippen LogP contribution < -0.4 is 5.32 Å². The van der Waals surface area contributed by atoms with Gasteiger partial charge in [0.1, 0.15) is 0 Å². The summed E-state index contributed by atoms with van der Waals surface area (Å²) in [5, 5.41) is 13.1. The number of hydrogen-bond acceptors (Lipinski definition) is 3. The predicted octanol–water partition coefficient (Wildman–Crippen LogP) is 3.90. The minimum atomic E-state index is -0.0706. The Kier molecular flexibility index (Phi) is 4.82. The van der Waals surface area contributed by atoms with Gasteiger partial charge in [0, 0.05) is 28.8 Å². The SMILES string of the molecule is Cc1cc2c(cc1CO)C(=CC(=O)C1CCCCC1)NC(C)(C)C2. The van der Waals surface area contributed by atoms with E-state index >= 15 is 0 Å². The highest BCUT2D eigenvalue weighted by atomic mass is 16.3. The number of carbonyl (C=O) groups is 1. The van der Waals surface area contributed by atoms with Crippen LogP contribution in [0.1, 0.15) is 68.2 Å². The largest absolute Gasteiger partial charge is 0.392 e. The van der Waals surface area contributed by atoms with Gasteiger partial charge in [0.15, 0.2) is 5.78 Å². The normalized spacial score (nSPS) is 22.1. The van der Waals surface area contributed by atoms with Crippen LogP contribution in [0.25, 0.3) is 5.70 Å². The zero-order chi connectivity index (χ0) is 17.3. The van der Waals surface area contributed by atoms with Gasteiger partial charge in [0.25, 0.3) is 0 Å². The van der Waals surface area contributed by atoms with E-state index in [1.54, 1.807) is 0 Å². The summed E-state index contributed by atoms with van der Waals surface area (Å²) in [6.07, 6.45) is 8.39. The van der Waals surface area contributed by atoms with E-state index in [9.17, 15) is 9.90 Å². The molecule has 0 radical (unpaired) electrons. The van der Waals surface area contributed by atoms with Crippen molar-refractivity contribution in [1.82, 2.24) is 5.32 Å². The number of benzene rings is 1. The monoisotopic (exact) mass is 327 g/mol. The highest BCUT2D eigenvalue weighted by molar-refractivity contribution is 5.98. The van der Waals surface area contributed by atoms with Crippen molar-refractivity contribution < 1.29 is 9.90 Å². The van der Waals surface area contributed by atoms with E-state index in [-0.39, 0.29) is 23.8 Å². The molecular formula is C21H29NO2. The van der Waals surface area contributed by atoms with Gasteiger partial charge in [0.05, 0.1) is 6.61 Å². The topological polar surface area (TPSA) is 49.3 Å². The lowest BCUT2D eigenvalue weighted by Gasteiger charge is -2.36. The third kappa shape index (κ3) is 3.56. The molecule has 0 amide bonds. The number of aliphatic hydroxyl groups excluding tert-OH is 1. The highest BCUT2D eigenvalue weighted by Crippen LogP contribution is 2.33. The molecule has 130 valence electrons. The van der Waals surface area contributed by atoms with Crippen molar-refractivity contribution in [3.63, 3.8) is 0 Å². The summed E-state index contributed by atoms with van der Waals surface area (Å²) in [6, 6.07) is 4.22. The molecule has 2 aliphatic rings. The van der Waals surface area contributed by atoms with Crippen molar-refractivity contribution in [2.45, 2.75) is 71.4 Å². The molecule has 3 rings (SSSR count). The standard InChI is InChI=1S/C21H29NO2/c1-14-9-16-12-21(2,3)22-19(18(16)10-17(14)13-23)11-20(24)15-7-5-4-6-8-15/h9-11,15,22-23H,4-8,12-13H2,1-3H3. The molecule has 1 aromatic rings. The zero-order valence-electron chi connectivity index (χ0n) is 15.1. The van der Waals surface area contributed by atoms with E-state index in [2.05, 4.69) is 25.2 Å². The number of nitrogens with one attached hydrogen (secondary N) is 1. The number of carbonyl (C=O) groups excluding carboxylic acids is 1. The number of hydrogen-bond donors (Lipinski definition) is 2. The summed E-state index contributed by atoms with van der Waals surface area (Å²) in [4.78, 5) is 12.7. The van der Waals surface area contributed by atoms with Gasteiger partial charge >= 0.3 is 0 Å². The van der Waals surface area contributed by atoms with E-state index in [1.807, 2.05) is 19.1 Å². The average molecular weight is 327 g/mol. The first kappa shape index (κ1) is 17.2. The Bertz CT molecular complexity index is 667. The molecule has 1 saturated carbocycles. The lowest BCUT2D eigenvalue weighted by molar-refractivity contribution is -0.119. The smallest absolute Gasteiger partial charge is 0.160 e. The van der Waals surface area contributed by atoms with Crippen molar-refractivity contribution >= 4 is 11.5 Å². The van der Waals surface area contributed by atoms with Gasteiger partial charge in [-0.1, -0.05) is 25.3 Å². The molecule has 3 nitrogen and oxygen atoms in total. The first-order valence-corrected chi connectivity index (χ1v) is 9.17. The second-order valence-electron chi connectivity index (χ2n) is 8.07. The third-order valence-electron chi connectivity index (χ3n) is 5.42. The molecule has 24 heavy (non-hydrogen) atoms. The van der Waals surface area contributed by atoms with E-state index in [1.165, 1.54) is 24.8 Å². The number of aryl methyl sites for hydroxylation is 1. The lowest BCUT2D eigenvalue weighted by Crippen LogP contribution is -2.44. The van der Waals surface area contributed by atoms with Crippen LogP contribution in [0.3, 0.4) is 0 Å². The fourth-order valence-electron chi connectivity index (χ4n) is 4.09. The Morgan fingerprint density at radius 1 is 1.29 bits per heavy atom. The van der Waals surface area contributed by atoms with Crippen molar-refractivity contribution in [2.75, 3.05) is 0 Å². The van der Waals surface area contributed by atoms with Crippen molar-refractivity contribution in [3.8, 4) is 0 Å². The molecule has 1 aliphatic carbocycles. The Morgan fingerprint density at radius 2 is 2.00 bits per heavy atom. The number of rotatable bonds is 3. The number of ketones is 1. The number of allylic oxidation sites excluding steroid dienone is 1. The maximum atomic E-state index is 12.7. The van der Waals surface area contributed by atoms with Crippen LogP contribution in [0, 0.1) is 12.8 Å². The molecule has 0 atom stereocenters. The molecule has 2 N–H and O–H groups in total. The van der Waals surface area contributed by atoms with Crippen LogP contribution in [-0.2, 0) is 17.8 Å². The molecule has 0 unspecified atom stereocenters. The molecule has 1 heterocycles. The van der Waals surface area contributed by atoms with Crippen LogP contribution in [0.5, 0.6) is 0 Å². The van der Waals surface area contributed by atoms with Crippen molar-refractivity contribution in [2.24, 2.45) is 5.92 Å². The zero-order valence-corrected chi connectivity index (χ0v) is 15.1. The van der Waals surface area contributed by atoms with E-state index in [4.69, 9.17) is 0 Å². The second-order valence-corrected chi connectivity index (χ2v) is 8.07. The minimum absolute atomic E-state index is 0.0341. The van der Waals surface area contributed by atoms with Crippen LogP contribution in [0.2, 0.25) is 0 Å². The highest BCUT2D eigenvalue weighted by Gasteiger charge is 2.29. The lowest BCUT2D eigenvalue weighted by atomic mass is 9.82. The molecule has 0 spiro atoms. The number of fused-ring (bicyclic) bond motifs is 1. The van der Waals surface area contributed by atoms with E-state index in [0.717, 1.165) is 41.6 Å². The fraction of sp³-hybridized carbons (Fsp3) is 0.571. The predicted molar refractivity (Wildman–Crippen MR) is 97.6 cm³/mol. The summed E-state index contributed by atoms with van der Waals surface area (Å²) in [6.45, 7) is 6.41. The molecule has 0 bridgehead atoms. The van der Waals surface area contributed by atoms with Gasteiger partial charge in [-0.15, -0.1) is 0 Å².